The molecular weight excluding hydrogens is 671 g/mol. The SMILES string of the molecule is CCOC(=O)N1c2ccc(C(F)(F)F)cc2C(c2ncc(S(=O)OC)c(Cc3cc(C(F)(F)F)cc(C(F)(F)F)c3)n2)C(N)C1CC. The minimum absolute atomic E-state index is 0.00241. The van der Waals surface area contributed by atoms with E-state index in [0.717, 1.165) is 36.4 Å². The second-order valence-corrected chi connectivity index (χ2v) is 11.6. The fourth-order valence-corrected chi connectivity index (χ4v) is 6.04. The van der Waals surface area contributed by atoms with E-state index in [1.165, 1.54) is 6.92 Å². The van der Waals surface area contributed by atoms with Gasteiger partial charge in [-0.1, -0.05) is 6.92 Å². The van der Waals surface area contributed by atoms with Crippen LogP contribution in [0.2, 0.25) is 0 Å². The average Bonchev–Trinajstić information content (AvgIpc) is 2.98. The van der Waals surface area contributed by atoms with Gasteiger partial charge in [-0.2, -0.15) is 39.5 Å². The Morgan fingerprint density at radius 2 is 1.53 bits per heavy atom. The van der Waals surface area contributed by atoms with Gasteiger partial charge in [-0.05, 0) is 60.9 Å². The molecule has 0 aliphatic carbocycles. The summed E-state index contributed by atoms with van der Waals surface area (Å²) in [5.74, 6) is -1.56. The Labute approximate surface area is 264 Å². The largest absolute Gasteiger partial charge is 0.449 e. The number of hydrogen-bond donors (Lipinski definition) is 1. The molecule has 0 saturated heterocycles. The highest BCUT2D eigenvalue weighted by molar-refractivity contribution is 7.80. The van der Waals surface area contributed by atoms with Gasteiger partial charge >= 0.3 is 24.6 Å². The van der Waals surface area contributed by atoms with Crippen molar-refractivity contribution in [2.24, 2.45) is 5.73 Å². The van der Waals surface area contributed by atoms with Gasteiger partial charge in [0.05, 0.1) is 53.7 Å². The summed E-state index contributed by atoms with van der Waals surface area (Å²) in [5, 5.41) is 0. The van der Waals surface area contributed by atoms with Crippen molar-refractivity contribution in [3.63, 3.8) is 0 Å². The zero-order valence-electron chi connectivity index (χ0n) is 24.8. The first-order chi connectivity index (χ1) is 21.8. The number of nitrogens with two attached hydrogens (primary N) is 1. The van der Waals surface area contributed by atoms with Crippen LogP contribution in [-0.2, 0) is 45.0 Å². The van der Waals surface area contributed by atoms with Crippen LogP contribution >= 0.6 is 0 Å². The van der Waals surface area contributed by atoms with Crippen molar-refractivity contribution < 1.29 is 57.4 Å². The van der Waals surface area contributed by atoms with Gasteiger partial charge in [0.15, 0.2) is 11.1 Å². The highest BCUT2D eigenvalue weighted by atomic mass is 32.2. The lowest BCUT2D eigenvalue weighted by atomic mass is 9.79. The van der Waals surface area contributed by atoms with Crippen LogP contribution in [0.4, 0.5) is 50.0 Å². The normalized spacial score (nSPS) is 19.3. The summed E-state index contributed by atoms with van der Waals surface area (Å²) >= 11 is -2.34. The van der Waals surface area contributed by atoms with E-state index < -0.39 is 82.4 Å². The number of halogens is 9. The van der Waals surface area contributed by atoms with Crippen LogP contribution in [0, 0.1) is 0 Å². The van der Waals surface area contributed by atoms with Crippen molar-refractivity contribution >= 4 is 22.9 Å². The Morgan fingerprint density at radius 1 is 0.936 bits per heavy atom. The minimum Gasteiger partial charge on any atom is -0.449 e. The van der Waals surface area contributed by atoms with Crippen molar-refractivity contribution in [3.05, 3.63) is 81.9 Å². The minimum atomic E-state index is -5.15. The maximum atomic E-state index is 13.8. The van der Waals surface area contributed by atoms with E-state index in [-0.39, 0.29) is 46.8 Å². The molecule has 18 heteroatoms. The summed E-state index contributed by atoms with van der Waals surface area (Å²) in [6.45, 7) is 3.13. The molecule has 4 rings (SSSR count). The molecule has 1 aromatic heterocycles. The zero-order chi connectivity index (χ0) is 35.1. The summed E-state index contributed by atoms with van der Waals surface area (Å²) in [6.07, 6.45) is -15.6. The Bertz CT molecular complexity index is 1630. The quantitative estimate of drug-likeness (QED) is 0.265. The van der Waals surface area contributed by atoms with E-state index in [9.17, 15) is 48.5 Å². The highest BCUT2D eigenvalue weighted by Gasteiger charge is 2.45. The van der Waals surface area contributed by atoms with Crippen molar-refractivity contribution in [3.8, 4) is 0 Å². The molecule has 3 aromatic rings. The third-order valence-corrected chi connectivity index (χ3v) is 8.47. The summed E-state index contributed by atoms with van der Waals surface area (Å²) in [5.41, 5.74) is 1.29. The van der Waals surface area contributed by atoms with Crippen LogP contribution in [0.25, 0.3) is 0 Å². The molecule has 0 spiro atoms. The Balaban J connectivity index is 1.95. The fourth-order valence-electron chi connectivity index (χ4n) is 5.41. The van der Waals surface area contributed by atoms with Crippen molar-refractivity contribution in [1.29, 1.82) is 0 Å². The van der Waals surface area contributed by atoms with Crippen molar-refractivity contribution in [2.45, 2.75) is 68.1 Å². The lowest BCUT2D eigenvalue weighted by Crippen LogP contribution is -2.57. The number of carbonyl (C=O) groups is 1. The Kier molecular flexibility index (Phi) is 10.3. The number of carbonyl (C=O) groups excluding carboxylic acids is 1. The predicted molar refractivity (Wildman–Crippen MR) is 150 cm³/mol. The first kappa shape index (κ1) is 36.1. The Morgan fingerprint density at radius 3 is 2.04 bits per heavy atom. The first-order valence-electron chi connectivity index (χ1n) is 13.8. The van der Waals surface area contributed by atoms with Gasteiger partial charge in [0.25, 0.3) is 0 Å². The van der Waals surface area contributed by atoms with Crippen LogP contribution in [0.5, 0.6) is 0 Å². The van der Waals surface area contributed by atoms with Crippen LogP contribution in [0.15, 0.2) is 47.5 Å². The number of ether oxygens (including phenoxy) is 1. The number of anilines is 1. The molecule has 2 aromatic carbocycles. The van der Waals surface area contributed by atoms with E-state index in [1.807, 2.05) is 0 Å². The van der Waals surface area contributed by atoms with E-state index in [1.54, 1.807) is 6.92 Å². The standard InChI is InChI=1S/C29H27F9N4O4S/c1-4-20-24(39)23(18-12-15(27(30,31)32)6-7-21(18)42(20)26(43)46-5-2)25-40-13-22(47(44)45-3)19(41-25)10-14-8-16(28(33,34)35)11-17(9-14)29(36,37)38/h6-9,11-13,20,23-24H,4-5,10,39H2,1-3H3. The lowest BCUT2D eigenvalue weighted by molar-refractivity contribution is -0.143. The lowest BCUT2D eigenvalue weighted by Gasteiger charge is -2.43. The number of nitrogens with zero attached hydrogens (tertiary/aromatic N) is 3. The summed E-state index contributed by atoms with van der Waals surface area (Å²) < 4.78 is 146. The van der Waals surface area contributed by atoms with Crippen LogP contribution < -0.4 is 10.6 Å². The molecule has 47 heavy (non-hydrogen) atoms. The van der Waals surface area contributed by atoms with Crippen LogP contribution in [-0.4, -0.2) is 46.1 Å². The van der Waals surface area contributed by atoms with E-state index in [0.29, 0.717) is 12.1 Å². The smallest absolute Gasteiger partial charge is 0.416 e. The highest BCUT2D eigenvalue weighted by Crippen LogP contribution is 2.45. The molecule has 4 unspecified atom stereocenters. The maximum absolute atomic E-state index is 13.8. The van der Waals surface area contributed by atoms with E-state index in [2.05, 4.69) is 9.97 Å². The number of fused-ring (bicyclic) bond motifs is 1. The maximum Gasteiger partial charge on any atom is 0.416 e. The Hall–Kier alpha value is -3.77. The third kappa shape index (κ3) is 7.54. The summed E-state index contributed by atoms with van der Waals surface area (Å²) in [6, 6.07) is 1.40. The summed E-state index contributed by atoms with van der Waals surface area (Å²) in [4.78, 5) is 22.3. The molecule has 4 atom stereocenters. The summed E-state index contributed by atoms with van der Waals surface area (Å²) in [7, 11) is 1.02. The zero-order valence-corrected chi connectivity index (χ0v) is 25.6. The molecule has 1 amide bonds. The third-order valence-electron chi connectivity index (χ3n) is 7.47. The molecule has 1 aliphatic heterocycles. The molecule has 256 valence electrons. The van der Waals surface area contributed by atoms with Gasteiger partial charge in [-0.3, -0.25) is 9.08 Å². The van der Waals surface area contributed by atoms with E-state index >= 15 is 0 Å². The number of alkyl halides is 9. The monoisotopic (exact) mass is 698 g/mol. The number of benzene rings is 2. The number of rotatable bonds is 7. The number of amides is 1. The van der Waals surface area contributed by atoms with Gasteiger partial charge in [-0.25, -0.2) is 19.0 Å². The molecular formula is C29H27F9N4O4S. The average molecular weight is 699 g/mol. The molecule has 0 bridgehead atoms. The molecule has 8 nitrogen and oxygen atoms in total. The van der Waals surface area contributed by atoms with Gasteiger partial charge in [0, 0.05) is 18.7 Å². The number of hydrogen-bond acceptors (Lipinski definition) is 7. The van der Waals surface area contributed by atoms with Gasteiger partial charge < -0.3 is 10.5 Å². The predicted octanol–water partition coefficient (Wildman–Crippen LogP) is 7.01. The molecule has 0 fully saturated rings. The van der Waals surface area contributed by atoms with Gasteiger partial charge in [0.2, 0.25) is 0 Å². The van der Waals surface area contributed by atoms with E-state index in [4.69, 9.17) is 14.7 Å². The molecule has 0 saturated carbocycles. The molecule has 2 N–H and O–H groups in total. The second kappa shape index (κ2) is 13.4. The second-order valence-electron chi connectivity index (χ2n) is 10.4. The van der Waals surface area contributed by atoms with Crippen LogP contribution in [0.3, 0.4) is 0 Å². The molecule has 2 heterocycles. The first-order valence-corrected chi connectivity index (χ1v) is 14.9. The van der Waals surface area contributed by atoms with Crippen molar-refractivity contribution in [2.75, 3.05) is 18.6 Å². The topological polar surface area (TPSA) is 108 Å². The van der Waals surface area contributed by atoms with Crippen LogP contribution in [0.1, 0.15) is 65.5 Å². The fraction of sp³-hybridized carbons (Fsp3) is 0.414. The molecule has 0 radical (unpaired) electrons. The van der Waals surface area contributed by atoms with Crippen molar-refractivity contribution in [1.82, 2.24) is 9.97 Å². The van der Waals surface area contributed by atoms with Gasteiger partial charge in [0.1, 0.15) is 10.7 Å². The number of aromatic nitrogens is 2. The van der Waals surface area contributed by atoms with Gasteiger partial charge in [-0.15, -0.1) is 0 Å². The molecule has 1 aliphatic rings.